The largest absolute Gasteiger partial charge is 0.489 e. The Bertz CT molecular complexity index is 905. The van der Waals surface area contributed by atoms with E-state index < -0.39 is 0 Å². The second kappa shape index (κ2) is 12.9. The van der Waals surface area contributed by atoms with Crippen LogP contribution in [0.15, 0.2) is 60.7 Å². The van der Waals surface area contributed by atoms with Crippen LogP contribution in [-0.2, 0) is 0 Å². The molecule has 0 N–H and O–H groups in total. The zero-order valence-corrected chi connectivity index (χ0v) is 19.1. The van der Waals surface area contributed by atoms with E-state index in [4.69, 9.17) is 14.2 Å². The van der Waals surface area contributed by atoms with E-state index in [1.165, 1.54) is 38.5 Å². The number of unbranched alkanes of at least 4 members (excludes halogenated alkanes) is 6. The number of rotatable bonds is 14. The van der Waals surface area contributed by atoms with Crippen molar-refractivity contribution in [3.05, 3.63) is 60.7 Å². The first-order chi connectivity index (χ1) is 15.3. The van der Waals surface area contributed by atoms with Crippen LogP contribution >= 0.6 is 0 Å². The average molecular weight is 421 g/mol. The Labute approximate surface area is 187 Å². The normalized spacial score (nSPS) is 10.9. The molecular weight excluding hydrogens is 384 g/mol. The van der Waals surface area contributed by atoms with Gasteiger partial charge in [-0.1, -0.05) is 94.8 Å². The smallest absolute Gasteiger partial charge is 0.204 e. The fourth-order valence-electron chi connectivity index (χ4n) is 3.65. The van der Waals surface area contributed by atoms with Crippen molar-refractivity contribution in [2.75, 3.05) is 13.2 Å². The van der Waals surface area contributed by atoms with Gasteiger partial charge in [-0.25, -0.2) is 0 Å². The molecule has 0 radical (unpaired) electrons. The van der Waals surface area contributed by atoms with E-state index in [0.29, 0.717) is 19.0 Å². The van der Waals surface area contributed by atoms with Gasteiger partial charge in [-0.05, 0) is 36.4 Å². The first kappa shape index (κ1) is 23.0. The van der Waals surface area contributed by atoms with Gasteiger partial charge in [0, 0.05) is 5.39 Å². The number of hydrogen-bond acceptors (Lipinski definition) is 3. The molecule has 3 aromatic carbocycles. The molecule has 0 heterocycles. The molecule has 0 bridgehead atoms. The number of hydrogen-bond donors (Lipinski definition) is 0. The van der Waals surface area contributed by atoms with Crippen LogP contribution in [0.3, 0.4) is 0 Å². The maximum absolute atomic E-state index is 6.35. The summed E-state index contributed by atoms with van der Waals surface area (Å²) in [4.78, 5) is 0. The van der Waals surface area contributed by atoms with Crippen LogP contribution in [0.5, 0.6) is 23.0 Å². The Hall–Kier alpha value is -2.68. The minimum absolute atomic E-state index is 0.662. The molecule has 0 aliphatic heterocycles. The molecule has 31 heavy (non-hydrogen) atoms. The van der Waals surface area contributed by atoms with Gasteiger partial charge in [0.15, 0.2) is 11.5 Å². The quantitative estimate of drug-likeness (QED) is 0.244. The molecule has 0 aliphatic rings. The van der Waals surface area contributed by atoms with E-state index >= 15 is 0 Å². The van der Waals surface area contributed by atoms with E-state index in [1.807, 2.05) is 36.4 Å². The van der Waals surface area contributed by atoms with Gasteiger partial charge in [-0.15, -0.1) is 0 Å². The average Bonchev–Trinajstić information content (AvgIpc) is 2.80. The second-order valence-electron chi connectivity index (χ2n) is 7.99. The molecule has 0 atom stereocenters. The third-order valence-corrected chi connectivity index (χ3v) is 5.38. The van der Waals surface area contributed by atoms with Crippen molar-refractivity contribution in [3.63, 3.8) is 0 Å². The molecule has 3 nitrogen and oxygen atoms in total. The molecule has 0 saturated carbocycles. The molecule has 0 unspecified atom stereocenters. The zero-order valence-electron chi connectivity index (χ0n) is 19.1. The first-order valence-corrected chi connectivity index (χ1v) is 11.9. The highest BCUT2D eigenvalue weighted by Gasteiger charge is 2.18. The number of para-hydroxylation sites is 1. The molecule has 166 valence electrons. The van der Waals surface area contributed by atoms with E-state index in [-0.39, 0.29) is 0 Å². The molecule has 3 heteroatoms. The fourth-order valence-corrected chi connectivity index (χ4v) is 3.65. The fraction of sp³-hybridized carbons (Fsp3) is 0.429. The molecule has 0 saturated heterocycles. The summed E-state index contributed by atoms with van der Waals surface area (Å²) in [7, 11) is 0. The number of benzene rings is 3. The topological polar surface area (TPSA) is 27.7 Å². The molecule has 0 amide bonds. The van der Waals surface area contributed by atoms with Crippen molar-refractivity contribution in [2.45, 2.75) is 65.2 Å². The minimum Gasteiger partial charge on any atom is -0.489 e. The summed E-state index contributed by atoms with van der Waals surface area (Å²) in [6, 6.07) is 20.2. The highest BCUT2D eigenvalue weighted by molar-refractivity contribution is 5.93. The van der Waals surface area contributed by atoms with Crippen LogP contribution in [0.2, 0.25) is 0 Å². The Morgan fingerprint density at radius 3 is 1.90 bits per heavy atom. The lowest BCUT2D eigenvalue weighted by Gasteiger charge is -2.19. The predicted octanol–water partition coefficient (Wildman–Crippen LogP) is 8.55. The Kier molecular flexibility index (Phi) is 9.56. The molecule has 0 aliphatic carbocycles. The van der Waals surface area contributed by atoms with Gasteiger partial charge in [0.05, 0.1) is 13.2 Å². The predicted molar refractivity (Wildman–Crippen MR) is 130 cm³/mol. The summed E-state index contributed by atoms with van der Waals surface area (Å²) in [5.41, 5.74) is 0. The summed E-state index contributed by atoms with van der Waals surface area (Å²) in [6.45, 7) is 5.80. The summed E-state index contributed by atoms with van der Waals surface area (Å²) >= 11 is 0. The van der Waals surface area contributed by atoms with Crippen LogP contribution in [0.4, 0.5) is 0 Å². The molecule has 0 spiro atoms. The Morgan fingerprint density at radius 1 is 0.613 bits per heavy atom. The zero-order chi connectivity index (χ0) is 21.7. The van der Waals surface area contributed by atoms with Crippen LogP contribution in [-0.4, -0.2) is 13.2 Å². The van der Waals surface area contributed by atoms with Gasteiger partial charge in [-0.2, -0.15) is 0 Å². The molecule has 3 aromatic rings. The van der Waals surface area contributed by atoms with Crippen LogP contribution < -0.4 is 14.2 Å². The second-order valence-corrected chi connectivity index (χ2v) is 7.99. The highest BCUT2D eigenvalue weighted by atomic mass is 16.5. The van der Waals surface area contributed by atoms with E-state index in [2.05, 4.69) is 38.1 Å². The molecule has 0 fully saturated rings. The Morgan fingerprint density at radius 2 is 1.23 bits per heavy atom. The Balaban J connectivity index is 1.90. The molecular formula is C28H36O3. The van der Waals surface area contributed by atoms with E-state index in [9.17, 15) is 0 Å². The van der Waals surface area contributed by atoms with Crippen LogP contribution in [0.1, 0.15) is 65.2 Å². The lowest BCUT2D eigenvalue weighted by atomic mass is 10.1. The number of ether oxygens (including phenoxy) is 3. The van der Waals surface area contributed by atoms with E-state index in [1.54, 1.807) is 0 Å². The van der Waals surface area contributed by atoms with Gasteiger partial charge in [0.1, 0.15) is 5.75 Å². The maximum atomic E-state index is 6.35. The lowest BCUT2D eigenvalue weighted by molar-refractivity contribution is 0.253. The third-order valence-electron chi connectivity index (χ3n) is 5.38. The summed E-state index contributed by atoms with van der Waals surface area (Å²) in [6.07, 6.45) is 9.33. The van der Waals surface area contributed by atoms with Crippen molar-refractivity contribution < 1.29 is 14.2 Å². The van der Waals surface area contributed by atoms with Crippen molar-refractivity contribution in [3.8, 4) is 23.0 Å². The molecule has 3 rings (SSSR count). The maximum Gasteiger partial charge on any atom is 0.204 e. The SMILES string of the molecule is CCCCCCOc1c(Oc2ccccc2)cc2ccccc2c1OCCCCCC. The van der Waals surface area contributed by atoms with Crippen LogP contribution in [0.25, 0.3) is 10.8 Å². The van der Waals surface area contributed by atoms with Crippen molar-refractivity contribution >= 4 is 10.8 Å². The number of fused-ring (bicyclic) bond motifs is 1. The monoisotopic (exact) mass is 420 g/mol. The molecule has 0 aromatic heterocycles. The van der Waals surface area contributed by atoms with Gasteiger partial charge in [-0.3, -0.25) is 0 Å². The van der Waals surface area contributed by atoms with Crippen LogP contribution in [0, 0.1) is 0 Å². The highest BCUT2D eigenvalue weighted by Crippen LogP contribution is 2.45. The first-order valence-electron chi connectivity index (χ1n) is 11.9. The van der Waals surface area contributed by atoms with Gasteiger partial charge >= 0.3 is 0 Å². The van der Waals surface area contributed by atoms with Crippen molar-refractivity contribution in [1.29, 1.82) is 0 Å². The standard InChI is InChI=1S/C28H36O3/c1-3-5-7-14-20-29-27-25-19-13-12-16-23(25)22-26(31-24-17-10-9-11-18-24)28(27)30-21-15-8-6-4-2/h9-13,16-19,22H,3-8,14-15,20-21H2,1-2H3. The summed E-state index contributed by atoms with van der Waals surface area (Å²) < 4.78 is 18.9. The van der Waals surface area contributed by atoms with E-state index in [0.717, 1.165) is 40.9 Å². The third kappa shape index (κ3) is 6.92. The summed E-state index contributed by atoms with van der Waals surface area (Å²) in [5.74, 6) is 3.03. The minimum atomic E-state index is 0.662. The van der Waals surface area contributed by atoms with Crippen molar-refractivity contribution in [1.82, 2.24) is 0 Å². The van der Waals surface area contributed by atoms with Gasteiger partial charge in [0.25, 0.3) is 0 Å². The summed E-state index contributed by atoms with van der Waals surface area (Å²) in [5, 5.41) is 2.16. The lowest BCUT2D eigenvalue weighted by Crippen LogP contribution is -2.05. The van der Waals surface area contributed by atoms with Gasteiger partial charge in [0.2, 0.25) is 5.75 Å². The van der Waals surface area contributed by atoms with Crippen molar-refractivity contribution in [2.24, 2.45) is 0 Å². The van der Waals surface area contributed by atoms with Gasteiger partial charge < -0.3 is 14.2 Å².